The second-order valence-corrected chi connectivity index (χ2v) is 6.54. The highest BCUT2D eigenvalue weighted by Gasteiger charge is 2.09. The molecule has 0 aliphatic carbocycles. The van der Waals surface area contributed by atoms with Crippen molar-refractivity contribution >= 4 is 35.0 Å². The van der Waals surface area contributed by atoms with Gasteiger partial charge in [0.15, 0.2) is 0 Å². The van der Waals surface area contributed by atoms with Gasteiger partial charge in [0.25, 0.3) is 0 Å². The first kappa shape index (κ1) is 18.1. The van der Waals surface area contributed by atoms with Gasteiger partial charge in [-0.15, -0.1) is 11.8 Å². The van der Waals surface area contributed by atoms with E-state index in [2.05, 4.69) is 10.6 Å². The van der Waals surface area contributed by atoms with Crippen molar-refractivity contribution in [2.24, 2.45) is 0 Å². The number of nitrogens with one attached hydrogen (secondary N) is 2. The minimum Gasteiger partial charge on any atom is -0.324 e. The number of aryl methyl sites for hydroxylation is 1. The van der Waals surface area contributed by atoms with Crippen LogP contribution in [0.2, 0.25) is 0 Å². The summed E-state index contributed by atoms with van der Waals surface area (Å²) >= 11 is 1.48. The second-order valence-electron chi connectivity index (χ2n) is 5.49. The number of anilines is 2. The summed E-state index contributed by atoms with van der Waals surface area (Å²) in [6, 6.07) is 15.3. The quantitative estimate of drug-likeness (QED) is 0.730. The van der Waals surface area contributed by atoms with Crippen molar-refractivity contribution in [3.05, 3.63) is 54.1 Å². The second kappa shape index (κ2) is 9.13. The number of carbonyl (C=O) groups excluding carboxylic acids is 2. The Morgan fingerprint density at radius 3 is 2.08 bits per heavy atom. The fraction of sp³-hybridized carbons (Fsp3) is 0.263. The zero-order chi connectivity index (χ0) is 17.4. The summed E-state index contributed by atoms with van der Waals surface area (Å²) in [5.74, 6) is 0.173. The summed E-state index contributed by atoms with van der Waals surface area (Å²) in [5.41, 5.74) is 2.45. The molecule has 5 heteroatoms. The SMILES string of the molecule is CCCC(=O)Nc1ccccc1NC(=O)CSc1ccc(C)cc1. The molecule has 0 saturated heterocycles. The Morgan fingerprint density at radius 2 is 1.50 bits per heavy atom. The predicted octanol–water partition coefficient (Wildman–Crippen LogP) is 4.46. The number of thioether (sulfide) groups is 1. The zero-order valence-corrected chi connectivity index (χ0v) is 14.8. The summed E-state index contributed by atoms with van der Waals surface area (Å²) in [7, 11) is 0. The fourth-order valence-corrected chi connectivity index (χ4v) is 2.81. The highest BCUT2D eigenvalue weighted by Crippen LogP contribution is 2.23. The first-order chi connectivity index (χ1) is 11.6. The lowest BCUT2D eigenvalue weighted by Crippen LogP contribution is -2.17. The normalized spacial score (nSPS) is 10.2. The molecular formula is C19H22N2O2S. The van der Waals surface area contributed by atoms with E-state index in [9.17, 15) is 9.59 Å². The number of carbonyl (C=O) groups is 2. The van der Waals surface area contributed by atoms with Gasteiger partial charge in [-0.05, 0) is 37.6 Å². The standard InChI is InChI=1S/C19H22N2O2S/c1-3-6-18(22)20-16-7-4-5-8-17(16)21-19(23)13-24-15-11-9-14(2)10-12-15/h4-5,7-12H,3,6,13H2,1-2H3,(H,20,22)(H,21,23). The van der Waals surface area contributed by atoms with Crippen molar-refractivity contribution in [3.8, 4) is 0 Å². The largest absolute Gasteiger partial charge is 0.324 e. The van der Waals surface area contributed by atoms with E-state index < -0.39 is 0 Å². The van der Waals surface area contributed by atoms with Crippen LogP contribution in [0.15, 0.2) is 53.4 Å². The molecule has 2 aromatic rings. The summed E-state index contributed by atoms with van der Waals surface area (Å²) < 4.78 is 0. The number of para-hydroxylation sites is 2. The average molecular weight is 342 g/mol. The Labute approximate surface area is 147 Å². The van der Waals surface area contributed by atoms with E-state index in [0.717, 1.165) is 11.3 Å². The van der Waals surface area contributed by atoms with Crippen molar-refractivity contribution in [1.29, 1.82) is 0 Å². The van der Waals surface area contributed by atoms with Gasteiger partial charge in [0.2, 0.25) is 11.8 Å². The molecule has 0 heterocycles. The number of hydrogen-bond donors (Lipinski definition) is 2. The van der Waals surface area contributed by atoms with E-state index in [1.54, 1.807) is 12.1 Å². The Kier molecular flexibility index (Phi) is 6.88. The summed E-state index contributed by atoms with van der Waals surface area (Å²) in [6.07, 6.45) is 1.25. The molecule has 0 radical (unpaired) electrons. The van der Waals surface area contributed by atoms with Crippen LogP contribution in [-0.4, -0.2) is 17.6 Å². The number of hydrogen-bond acceptors (Lipinski definition) is 3. The minimum absolute atomic E-state index is 0.0479. The van der Waals surface area contributed by atoms with E-state index in [4.69, 9.17) is 0 Å². The van der Waals surface area contributed by atoms with Crippen LogP contribution in [-0.2, 0) is 9.59 Å². The van der Waals surface area contributed by atoms with Crippen molar-refractivity contribution in [1.82, 2.24) is 0 Å². The van der Waals surface area contributed by atoms with Gasteiger partial charge in [0.05, 0.1) is 17.1 Å². The van der Waals surface area contributed by atoms with E-state index in [1.807, 2.05) is 50.2 Å². The molecule has 2 rings (SSSR count). The summed E-state index contributed by atoms with van der Waals surface area (Å²) in [4.78, 5) is 25.0. The van der Waals surface area contributed by atoms with Crippen LogP contribution in [0.3, 0.4) is 0 Å². The molecule has 0 bridgehead atoms. The molecule has 0 atom stereocenters. The first-order valence-corrected chi connectivity index (χ1v) is 8.95. The molecule has 0 aliphatic rings. The van der Waals surface area contributed by atoms with Gasteiger partial charge in [0.1, 0.15) is 0 Å². The lowest BCUT2D eigenvalue weighted by molar-refractivity contribution is -0.116. The molecule has 0 aliphatic heterocycles. The highest BCUT2D eigenvalue weighted by molar-refractivity contribution is 8.00. The maximum absolute atomic E-state index is 12.2. The fourth-order valence-electron chi connectivity index (χ4n) is 2.11. The molecule has 0 spiro atoms. The van der Waals surface area contributed by atoms with Gasteiger partial charge in [-0.1, -0.05) is 36.8 Å². The molecule has 126 valence electrons. The summed E-state index contributed by atoms with van der Waals surface area (Å²) in [6.45, 7) is 3.99. The Hall–Kier alpha value is -2.27. The molecule has 0 fully saturated rings. The molecule has 0 aromatic heterocycles. The maximum Gasteiger partial charge on any atom is 0.234 e. The van der Waals surface area contributed by atoms with Crippen LogP contribution in [0.25, 0.3) is 0 Å². The predicted molar refractivity (Wildman–Crippen MR) is 101 cm³/mol. The highest BCUT2D eigenvalue weighted by atomic mass is 32.2. The van der Waals surface area contributed by atoms with Crippen LogP contribution in [0, 0.1) is 6.92 Å². The Bertz CT molecular complexity index is 699. The van der Waals surface area contributed by atoms with E-state index in [0.29, 0.717) is 23.5 Å². The van der Waals surface area contributed by atoms with Gasteiger partial charge < -0.3 is 10.6 Å². The van der Waals surface area contributed by atoms with Crippen molar-refractivity contribution in [2.45, 2.75) is 31.6 Å². The average Bonchev–Trinajstić information content (AvgIpc) is 2.56. The zero-order valence-electron chi connectivity index (χ0n) is 14.0. The van der Waals surface area contributed by atoms with Crippen LogP contribution < -0.4 is 10.6 Å². The first-order valence-electron chi connectivity index (χ1n) is 7.96. The lowest BCUT2D eigenvalue weighted by atomic mass is 10.2. The molecule has 0 saturated carbocycles. The van der Waals surface area contributed by atoms with Crippen molar-refractivity contribution in [3.63, 3.8) is 0 Å². The number of benzene rings is 2. The molecule has 2 aromatic carbocycles. The topological polar surface area (TPSA) is 58.2 Å². The van der Waals surface area contributed by atoms with Gasteiger partial charge in [-0.3, -0.25) is 9.59 Å². The molecule has 4 nitrogen and oxygen atoms in total. The van der Waals surface area contributed by atoms with Gasteiger partial charge in [-0.25, -0.2) is 0 Å². The number of rotatable bonds is 7. The molecule has 0 unspecified atom stereocenters. The Balaban J connectivity index is 1.93. The van der Waals surface area contributed by atoms with E-state index in [-0.39, 0.29) is 11.8 Å². The third kappa shape index (κ3) is 5.74. The molecule has 2 N–H and O–H groups in total. The van der Waals surface area contributed by atoms with E-state index in [1.165, 1.54) is 17.3 Å². The molecule has 2 amide bonds. The Morgan fingerprint density at radius 1 is 0.917 bits per heavy atom. The summed E-state index contributed by atoms with van der Waals surface area (Å²) in [5, 5.41) is 5.70. The van der Waals surface area contributed by atoms with Crippen LogP contribution in [0.5, 0.6) is 0 Å². The third-order valence-corrected chi connectivity index (χ3v) is 4.36. The van der Waals surface area contributed by atoms with E-state index >= 15 is 0 Å². The van der Waals surface area contributed by atoms with Crippen LogP contribution in [0.4, 0.5) is 11.4 Å². The van der Waals surface area contributed by atoms with Crippen molar-refractivity contribution in [2.75, 3.05) is 16.4 Å². The van der Waals surface area contributed by atoms with Gasteiger partial charge in [-0.2, -0.15) is 0 Å². The third-order valence-electron chi connectivity index (χ3n) is 3.34. The molecule has 24 heavy (non-hydrogen) atoms. The van der Waals surface area contributed by atoms with Crippen LogP contribution in [0.1, 0.15) is 25.3 Å². The van der Waals surface area contributed by atoms with Crippen molar-refractivity contribution < 1.29 is 9.59 Å². The van der Waals surface area contributed by atoms with Gasteiger partial charge >= 0.3 is 0 Å². The lowest BCUT2D eigenvalue weighted by Gasteiger charge is -2.12. The molecular weight excluding hydrogens is 320 g/mol. The smallest absolute Gasteiger partial charge is 0.234 e. The van der Waals surface area contributed by atoms with Gasteiger partial charge in [0, 0.05) is 11.3 Å². The minimum atomic E-state index is -0.0993. The monoisotopic (exact) mass is 342 g/mol. The van der Waals surface area contributed by atoms with Crippen LogP contribution >= 0.6 is 11.8 Å². The maximum atomic E-state index is 12.2. The number of amides is 2.